The third kappa shape index (κ3) is 3.66. The summed E-state index contributed by atoms with van der Waals surface area (Å²) in [5.74, 6) is -0.273. The molecule has 5 heteroatoms. The molecule has 0 fully saturated rings. The van der Waals surface area contributed by atoms with Crippen LogP contribution in [0.2, 0.25) is 0 Å². The van der Waals surface area contributed by atoms with Crippen molar-refractivity contribution in [3.63, 3.8) is 0 Å². The molecule has 90 valence electrons. The van der Waals surface area contributed by atoms with Crippen LogP contribution in [0.3, 0.4) is 0 Å². The molecular weight excluding hydrogens is 206 g/mol. The standard InChI is InChI=1S/C11H19N3O2/c1-9(11(15)16-4)6-13(2)7-10-5-12-14(3)8-10/h5,8-9H,6-7H2,1-4H3. The molecule has 0 radical (unpaired) electrons. The van der Waals surface area contributed by atoms with Crippen molar-refractivity contribution in [2.45, 2.75) is 13.5 Å². The number of esters is 1. The number of hydrogen-bond acceptors (Lipinski definition) is 4. The SMILES string of the molecule is COC(=O)C(C)CN(C)Cc1cnn(C)c1. The third-order valence-electron chi connectivity index (χ3n) is 2.40. The van der Waals surface area contributed by atoms with Gasteiger partial charge in [0.2, 0.25) is 0 Å². The molecule has 0 aliphatic carbocycles. The zero-order valence-electron chi connectivity index (χ0n) is 10.3. The Balaban J connectivity index is 2.41. The predicted molar refractivity (Wildman–Crippen MR) is 60.7 cm³/mol. The first-order chi connectivity index (χ1) is 7.52. The minimum Gasteiger partial charge on any atom is -0.469 e. The quantitative estimate of drug-likeness (QED) is 0.691. The van der Waals surface area contributed by atoms with Crippen LogP contribution in [0.25, 0.3) is 0 Å². The van der Waals surface area contributed by atoms with Crippen molar-refractivity contribution >= 4 is 5.97 Å². The summed E-state index contributed by atoms with van der Waals surface area (Å²) in [6.45, 7) is 3.34. The summed E-state index contributed by atoms with van der Waals surface area (Å²) in [5.41, 5.74) is 1.14. The van der Waals surface area contributed by atoms with Crippen LogP contribution in [-0.2, 0) is 23.1 Å². The number of hydrogen-bond donors (Lipinski definition) is 0. The number of carbonyl (C=O) groups excluding carboxylic acids is 1. The highest BCUT2D eigenvalue weighted by Gasteiger charge is 2.15. The number of aromatic nitrogens is 2. The van der Waals surface area contributed by atoms with E-state index in [4.69, 9.17) is 0 Å². The van der Waals surface area contributed by atoms with E-state index in [0.717, 1.165) is 12.1 Å². The highest BCUT2D eigenvalue weighted by Crippen LogP contribution is 2.05. The lowest BCUT2D eigenvalue weighted by atomic mass is 10.1. The summed E-state index contributed by atoms with van der Waals surface area (Å²) in [6.07, 6.45) is 3.80. The van der Waals surface area contributed by atoms with Gasteiger partial charge in [-0.15, -0.1) is 0 Å². The van der Waals surface area contributed by atoms with Gasteiger partial charge in [0.05, 0.1) is 19.2 Å². The van der Waals surface area contributed by atoms with Crippen LogP contribution >= 0.6 is 0 Å². The molecular formula is C11H19N3O2. The molecule has 0 saturated heterocycles. The molecule has 0 bridgehead atoms. The summed E-state index contributed by atoms with van der Waals surface area (Å²) in [7, 11) is 5.28. The van der Waals surface area contributed by atoms with Crippen molar-refractivity contribution in [1.82, 2.24) is 14.7 Å². The van der Waals surface area contributed by atoms with E-state index >= 15 is 0 Å². The number of ether oxygens (including phenoxy) is 1. The fraction of sp³-hybridized carbons (Fsp3) is 0.636. The average molecular weight is 225 g/mol. The van der Waals surface area contributed by atoms with Crippen LogP contribution in [-0.4, -0.2) is 41.4 Å². The number of aryl methyl sites for hydroxylation is 1. The molecule has 1 unspecified atom stereocenters. The van der Waals surface area contributed by atoms with Gasteiger partial charge in [0, 0.05) is 31.9 Å². The van der Waals surface area contributed by atoms with Crippen LogP contribution in [0.4, 0.5) is 0 Å². The monoisotopic (exact) mass is 225 g/mol. The Hall–Kier alpha value is -1.36. The van der Waals surface area contributed by atoms with Crippen molar-refractivity contribution < 1.29 is 9.53 Å². The van der Waals surface area contributed by atoms with Gasteiger partial charge in [-0.3, -0.25) is 9.48 Å². The van der Waals surface area contributed by atoms with Crippen molar-refractivity contribution in [2.24, 2.45) is 13.0 Å². The molecule has 1 atom stereocenters. The molecule has 0 aliphatic rings. The van der Waals surface area contributed by atoms with Gasteiger partial charge < -0.3 is 9.64 Å². The predicted octanol–water partition coefficient (Wildman–Crippen LogP) is 0.661. The second-order valence-electron chi connectivity index (χ2n) is 4.14. The molecule has 0 amide bonds. The van der Waals surface area contributed by atoms with E-state index < -0.39 is 0 Å². The summed E-state index contributed by atoms with van der Waals surface area (Å²) < 4.78 is 6.46. The summed E-state index contributed by atoms with van der Waals surface area (Å²) in [4.78, 5) is 13.3. The van der Waals surface area contributed by atoms with Crippen LogP contribution in [0.5, 0.6) is 0 Å². The zero-order chi connectivity index (χ0) is 12.1. The molecule has 1 rings (SSSR count). The topological polar surface area (TPSA) is 47.4 Å². The van der Waals surface area contributed by atoms with Gasteiger partial charge >= 0.3 is 5.97 Å². The number of nitrogens with zero attached hydrogens (tertiary/aromatic N) is 3. The zero-order valence-corrected chi connectivity index (χ0v) is 10.3. The highest BCUT2D eigenvalue weighted by atomic mass is 16.5. The van der Waals surface area contributed by atoms with Crippen LogP contribution in [0.15, 0.2) is 12.4 Å². The lowest BCUT2D eigenvalue weighted by molar-refractivity contribution is -0.145. The van der Waals surface area contributed by atoms with E-state index in [0.29, 0.717) is 6.54 Å². The van der Waals surface area contributed by atoms with Gasteiger partial charge in [-0.25, -0.2) is 0 Å². The van der Waals surface area contributed by atoms with E-state index in [1.807, 2.05) is 33.4 Å². The van der Waals surface area contributed by atoms with Crippen molar-refractivity contribution in [3.8, 4) is 0 Å². The fourth-order valence-corrected chi connectivity index (χ4v) is 1.67. The first-order valence-electron chi connectivity index (χ1n) is 5.26. The molecule has 0 spiro atoms. The Labute approximate surface area is 96.0 Å². The molecule has 0 aliphatic heterocycles. The molecule has 0 aromatic carbocycles. The Bertz CT molecular complexity index is 349. The molecule has 1 heterocycles. The highest BCUT2D eigenvalue weighted by molar-refractivity contribution is 5.72. The van der Waals surface area contributed by atoms with E-state index in [9.17, 15) is 4.79 Å². The Morgan fingerprint density at radius 3 is 2.88 bits per heavy atom. The molecule has 0 N–H and O–H groups in total. The number of rotatable bonds is 5. The second-order valence-corrected chi connectivity index (χ2v) is 4.14. The number of carbonyl (C=O) groups is 1. The van der Waals surface area contributed by atoms with E-state index in [1.54, 1.807) is 4.68 Å². The van der Waals surface area contributed by atoms with Crippen molar-refractivity contribution in [2.75, 3.05) is 20.7 Å². The summed E-state index contributed by atoms with van der Waals surface area (Å²) in [6, 6.07) is 0. The van der Waals surface area contributed by atoms with Crippen LogP contribution in [0.1, 0.15) is 12.5 Å². The first kappa shape index (κ1) is 12.7. The van der Waals surface area contributed by atoms with Gasteiger partial charge in [0.1, 0.15) is 0 Å². The van der Waals surface area contributed by atoms with Gasteiger partial charge in [0.15, 0.2) is 0 Å². The molecule has 1 aromatic rings. The fourth-order valence-electron chi connectivity index (χ4n) is 1.67. The van der Waals surface area contributed by atoms with Crippen LogP contribution in [0, 0.1) is 5.92 Å². The lowest BCUT2D eigenvalue weighted by Gasteiger charge is -2.18. The normalized spacial score (nSPS) is 12.8. The first-order valence-corrected chi connectivity index (χ1v) is 5.26. The third-order valence-corrected chi connectivity index (χ3v) is 2.40. The Kier molecular flexibility index (Phi) is 4.49. The van der Waals surface area contributed by atoms with E-state index in [-0.39, 0.29) is 11.9 Å². The van der Waals surface area contributed by atoms with Gasteiger partial charge in [-0.1, -0.05) is 6.92 Å². The largest absolute Gasteiger partial charge is 0.469 e. The average Bonchev–Trinajstić information content (AvgIpc) is 2.62. The molecule has 0 saturated carbocycles. The summed E-state index contributed by atoms with van der Waals surface area (Å²) >= 11 is 0. The molecule has 5 nitrogen and oxygen atoms in total. The smallest absolute Gasteiger partial charge is 0.309 e. The minimum atomic E-state index is -0.168. The van der Waals surface area contributed by atoms with Gasteiger partial charge in [-0.2, -0.15) is 5.10 Å². The Morgan fingerprint density at radius 2 is 2.38 bits per heavy atom. The van der Waals surface area contributed by atoms with Crippen LogP contribution < -0.4 is 0 Å². The second kappa shape index (κ2) is 5.65. The minimum absolute atomic E-state index is 0.105. The summed E-state index contributed by atoms with van der Waals surface area (Å²) in [5, 5.41) is 4.10. The van der Waals surface area contributed by atoms with Gasteiger partial charge in [-0.05, 0) is 7.05 Å². The van der Waals surface area contributed by atoms with Crippen molar-refractivity contribution in [3.05, 3.63) is 18.0 Å². The van der Waals surface area contributed by atoms with E-state index in [1.165, 1.54) is 7.11 Å². The maximum atomic E-state index is 11.2. The molecule has 16 heavy (non-hydrogen) atoms. The number of methoxy groups -OCH3 is 1. The van der Waals surface area contributed by atoms with E-state index in [2.05, 4.69) is 14.7 Å². The Morgan fingerprint density at radius 1 is 1.69 bits per heavy atom. The van der Waals surface area contributed by atoms with Crippen molar-refractivity contribution in [1.29, 1.82) is 0 Å². The maximum Gasteiger partial charge on any atom is 0.309 e. The lowest BCUT2D eigenvalue weighted by Crippen LogP contribution is -2.28. The molecule has 1 aromatic heterocycles. The van der Waals surface area contributed by atoms with Gasteiger partial charge in [0.25, 0.3) is 0 Å². The maximum absolute atomic E-state index is 11.2.